The van der Waals surface area contributed by atoms with Crippen LogP contribution in [0.2, 0.25) is 5.02 Å². The summed E-state index contributed by atoms with van der Waals surface area (Å²) in [5.41, 5.74) is 0.122. The van der Waals surface area contributed by atoms with Gasteiger partial charge in [-0.05, 0) is 23.6 Å². The van der Waals surface area contributed by atoms with E-state index in [1.54, 1.807) is 18.2 Å². The minimum absolute atomic E-state index is 0.221. The summed E-state index contributed by atoms with van der Waals surface area (Å²) in [6, 6.07) is 4.89. The van der Waals surface area contributed by atoms with Crippen LogP contribution in [-0.4, -0.2) is 18.9 Å². The van der Waals surface area contributed by atoms with Gasteiger partial charge in [-0.25, -0.2) is 4.90 Å². The van der Waals surface area contributed by atoms with Crippen LogP contribution in [0.3, 0.4) is 0 Å². The van der Waals surface area contributed by atoms with E-state index in [1.807, 2.05) is 13.8 Å². The molecular formula is C14H16ClNO3. The molecule has 1 saturated heterocycles. The fourth-order valence-electron chi connectivity index (χ4n) is 2.29. The van der Waals surface area contributed by atoms with Crippen molar-refractivity contribution >= 4 is 29.1 Å². The van der Waals surface area contributed by atoms with Crippen LogP contribution in [0, 0.1) is 5.41 Å². The standard InChI is InChI=1S/C14H16ClNO3/c1-14(2)7-12(17)16(13(18)8-14)10-6-9(15)4-5-11(10)19-3/h4-6H,7-8H2,1-3H3. The number of benzene rings is 1. The van der Waals surface area contributed by atoms with Crippen LogP contribution < -0.4 is 9.64 Å². The van der Waals surface area contributed by atoms with Crippen molar-refractivity contribution in [1.29, 1.82) is 0 Å². The lowest BCUT2D eigenvalue weighted by Gasteiger charge is -2.35. The molecule has 0 aromatic heterocycles. The number of anilines is 1. The third kappa shape index (κ3) is 2.73. The Labute approximate surface area is 117 Å². The lowest BCUT2D eigenvalue weighted by Crippen LogP contribution is -2.46. The number of ether oxygens (including phenoxy) is 1. The van der Waals surface area contributed by atoms with Gasteiger partial charge < -0.3 is 4.74 Å². The second kappa shape index (κ2) is 4.85. The van der Waals surface area contributed by atoms with Gasteiger partial charge in [0.05, 0.1) is 12.8 Å². The maximum atomic E-state index is 12.2. The number of hydrogen-bond donors (Lipinski definition) is 0. The molecule has 2 rings (SSSR count). The first kappa shape index (κ1) is 13.9. The second-order valence-electron chi connectivity index (χ2n) is 5.46. The van der Waals surface area contributed by atoms with E-state index in [2.05, 4.69) is 0 Å². The predicted octanol–water partition coefficient (Wildman–Crippen LogP) is 3.03. The summed E-state index contributed by atoms with van der Waals surface area (Å²) in [7, 11) is 1.50. The Bertz CT molecular complexity index is 519. The molecule has 1 aliphatic heterocycles. The monoisotopic (exact) mass is 281 g/mol. The number of piperidine rings is 1. The van der Waals surface area contributed by atoms with Gasteiger partial charge in [0, 0.05) is 17.9 Å². The number of hydrogen-bond acceptors (Lipinski definition) is 3. The molecule has 0 saturated carbocycles. The van der Waals surface area contributed by atoms with E-state index in [-0.39, 0.29) is 17.2 Å². The summed E-state index contributed by atoms with van der Waals surface area (Å²) in [6.07, 6.45) is 0.656. The van der Waals surface area contributed by atoms with E-state index in [4.69, 9.17) is 16.3 Å². The molecule has 1 fully saturated rings. The minimum Gasteiger partial charge on any atom is -0.495 e. The number of carbonyl (C=O) groups excluding carboxylic acids is 2. The fraction of sp³-hybridized carbons (Fsp3) is 0.429. The van der Waals surface area contributed by atoms with Crippen LogP contribution in [0.1, 0.15) is 26.7 Å². The molecule has 0 spiro atoms. The number of nitrogens with zero attached hydrogens (tertiary/aromatic N) is 1. The quantitative estimate of drug-likeness (QED) is 0.783. The number of methoxy groups -OCH3 is 1. The molecule has 0 unspecified atom stereocenters. The predicted molar refractivity (Wildman–Crippen MR) is 73.5 cm³/mol. The van der Waals surface area contributed by atoms with Crippen molar-refractivity contribution < 1.29 is 14.3 Å². The Morgan fingerprint density at radius 3 is 2.32 bits per heavy atom. The summed E-state index contributed by atoms with van der Waals surface area (Å²) >= 11 is 5.94. The van der Waals surface area contributed by atoms with E-state index in [0.717, 1.165) is 0 Å². The highest BCUT2D eigenvalue weighted by Gasteiger charge is 2.39. The highest BCUT2D eigenvalue weighted by molar-refractivity contribution is 6.31. The average Bonchev–Trinajstić information content (AvgIpc) is 2.26. The van der Waals surface area contributed by atoms with Crippen LogP contribution in [-0.2, 0) is 9.59 Å². The molecule has 5 heteroatoms. The number of halogens is 1. The van der Waals surface area contributed by atoms with Crippen molar-refractivity contribution in [2.75, 3.05) is 12.0 Å². The molecule has 19 heavy (non-hydrogen) atoms. The largest absolute Gasteiger partial charge is 0.495 e. The average molecular weight is 282 g/mol. The number of carbonyl (C=O) groups is 2. The SMILES string of the molecule is COc1ccc(Cl)cc1N1C(=O)CC(C)(C)CC1=O. The molecule has 1 heterocycles. The maximum Gasteiger partial charge on any atom is 0.234 e. The summed E-state index contributed by atoms with van der Waals surface area (Å²) in [6.45, 7) is 3.82. The van der Waals surface area contributed by atoms with E-state index in [1.165, 1.54) is 12.0 Å². The molecule has 0 radical (unpaired) electrons. The van der Waals surface area contributed by atoms with Gasteiger partial charge in [-0.2, -0.15) is 0 Å². The van der Waals surface area contributed by atoms with Crippen LogP contribution in [0.4, 0.5) is 5.69 Å². The summed E-state index contributed by atoms with van der Waals surface area (Å²) in [5, 5.41) is 0.459. The van der Waals surface area contributed by atoms with Crippen molar-refractivity contribution in [3.63, 3.8) is 0 Å². The van der Waals surface area contributed by atoms with Crippen molar-refractivity contribution in [3.8, 4) is 5.75 Å². The lowest BCUT2D eigenvalue weighted by atomic mass is 9.81. The van der Waals surface area contributed by atoms with Gasteiger partial charge in [0.1, 0.15) is 5.75 Å². The molecule has 102 valence electrons. The van der Waals surface area contributed by atoms with Gasteiger partial charge in [-0.1, -0.05) is 25.4 Å². The Morgan fingerprint density at radius 1 is 1.21 bits per heavy atom. The van der Waals surface area contributed by atoms with Gasteiger partial charge in [0.25, 0.3) is 0 Å². The Balaban J connectivity index is 2.44. The van der Waals surface area contributed by atoms with Crippen LogP contribution in [0.15, 0.2) is 18.2 Å². The molecule has 2 amide bonds. The van der Waals surface area contributed by atoms with Gasteiger partial charge in [0.2, 0.25) is 11.8 Å². The molecule has 0 N–H and O–H groups in total. The van der Waals surface area contributed by atoms with E-state index >= 15 is 0 Å². The van der Waals surface area contributed by atoms with Crippen LogP contribution in [0.25, 0.3) is 0 Å². The summed E-state index contributed by atoms with van der Waals surface area (Å²) in [4.78, 5) is 25.6. The molecule has 1 aliphatic rings. The fourth-order valence-corrected chi connectivity index (χ4v) is 2.45. The van der Waals surface area contributed by atoms with Crippen LogP contribution in [0.5, 0.6) is 5.75 Å². The van der Waals surface area contributed by atoms with Crippen molar-refractivity contribution in [2.45, 2.75) is 26.7 Å². The Kier molecular flexibility index (Phi) is 3.54. The zero-order valence-electron chi connectivity index (χ0n) is 11.2. The Hall–Kier alpha value is -1.55. The minimum atomic E-state index is -0.295. The van der Waals surface area contributed by atoms with Gasteiger partial charge >= 0.3 is 0 Å². The molecule has 1 aromatic rings. The molecular weight excluding hydrogens is 266 g/mol. The molecule has 0 atom stereocenters. The third-order valence-electron chi connectivity index (χ3n) is 3.14. The molecule has 1 aromatic carbocycles. The zero-order chi connectivity index (χ0) is 14.2. The zero-order valence-corrected chi connectivity index (χ0v) is 12.0. The summed E-state index contributed by atoms with van der Waals surface area (Å²) in [5.74, 6) is 0.0226. The molecule has 0 bridgehead atoms. The van der Waals surface area contributed by atoms with Crippen molar-refractivity contribution in [3.05, 3.63) is 23.2 Å². The summed E-state index contributed by atoms with van der Waals surface area (Å²) < 4.78 is 5.20. The topological polar surface area (TPSA) is 46.6 Å². The second-order valence-corrected chi connectivity index (χ2v) is 5.89. The van der Waals surface area contributed by atoms with Crippen molar-refractivity contribution in [1.82, 2.24) is 0 Å². The van der Waals surface area contributed by atoms with E-state index in [9.17, 15) is 9.59 Å². The maximum absolute atomic E-state index is 12.2. The van der Waals surface area contributed by atoms with E-state index in [0.29, 0.717) is 29.3 Å². The molecule has 4 nitrogen and oxygen atoms in total. The Morgan fingerprint density at radius 2 is 1.79 bits per heavy atom. The highest BCUT2D eigenvalue weighted by atomic mass is 35.5. The van der Waals surface area contributed by atoms with Crippen molar-refractivity contribution in [2.24, 2.45) is 5.41 Å². The normalized spacial score (nSPS) is 18.6. The highest BCUT2D eigenvalue weighted by Crippen LogP contribution is 2.38. The number of imide groups is 1. The smallest absolute Gasteiger partial charge is 0.234 e. The van der Waals surface area contributed by atoms with Gasteiger partial charge in [0.15, 0.2) is 0 Å². The first-order chi connectivity index (χ1) is 8.84. The first-order valence-electron chi connectivity index (χ1n) is 6.03. The third-order valence-corrected chi connectivity index (χ3v) is 3.38. The molecule has 0 aliphatic carbocycles. The van der Waals surface area contributed by atoms with Gasteiger partial charge in [-0.15, -0.1) is 0 Å². The number of amides is 2. The van der Waals surface area contributed by atoms with Gasteiger partial charge in [-0.3, -0.25) is 9.59 Å². The van der Waals surface area contributed by atoms with Crippen LogP contribution >= 0.6 is 11.6 Å². The number of rotatable bonds is 2. The first-order valence-corrected chi connectivity index (χ1v) is 6.41. The van der Waals surface area contributed by atoms with E-state index < -0.39 is 0 Å². The lowest BCUT2D eigenvalue weighted by molar-refractivity contribution is -0.132.